The molecule has 1 fully saturated rings. The molecule has 0 aromatic heterocycles. The Morgan fingerprint density at radius 3 is 2.69 bits per heavy atom. The number of hydrogen-bond donors (Lipinski definition) is 0. The van der Waals surface area contributed by atoms with Crippen LogP contribution in [0.4, 0.5) is 0 Å². The molecule has 1 aromatic carbocycles. The van der Waals surface area contributed by atoms with Crippen LogP contribution in [-0.2, 0) is 9.84 Å². The molecule has 1 aliphatic carbocycles. The summed E-state index contributed by atoms with van der Waals surface area (Å²) in [6.07, 6.45) is 3.53. The molecule has 3 nitrogen and oxygen atoms in total. The van der Waals surface area contributed by atoms with E-state index in [9.17, 15) is 8.42 Å². The van der Waals surface area contributed by atoms with Gasteiger partial charge < -0.3 is 4.74 Å². The van der Waals surface area contributed by atoms with Crippen LogP contribution in [0.25, 0.3) is 0 Å². The van der Waals surface area contributed by atoms with Gasteiger partial charge >= 0.3 is 0 Å². The summed E-state index contributed by atoms with van der Waals surface area (Å²) in [6, 6.07) is 6.60. The lowest BCUT2D eigenvalue weighted by atomic mass is 10.3. The Labute approximate surface area is 104 Å². The highest BCUT2D eigenvalue weighted by Crippen LogP contribution is 2.37. The molecule has 1 atom stereocenters. The maximum atomic E-state index is 11.3. The van der Waals surface area contributed by atoms with Crippen LogP contribution in [0.1, 0.15) is 12.8 Å². The fraction of sp³-hybridized carbons (Fsp3) is 0.455. The number of sulfone groups is 1. The number of hydrogen-bond acceptors (Lipinski definition) is 3. The number of halogens is 1. The van der Waals surface area contributed by atoms with Crippen molar-refractivity contribution < 1.29 is 13.2 Å². The number of rotatable bonds is 4. The van der Waals surface area contributed by atoms with Crippen LogP contribution in [-0.4, -0.2) is 19.7 Å². The van der Waals surface area contributed by atoms with E-state index in [0.29, 0.717) is 16.6 Å². The van der Waals surface area contributed by atoms with Crippen molar-refractivity contribution in [3.8, 4) is 5.75 Å². The van der Waals surface area contributed by atoms with Gasteiger partial charge in [0, 0.05) is 12.2 Å². The van der Waals surface area contributed by atoms with Crippen molar-refractivity contribution in [1.29, 1.82) is 0 Å². The third-order valence-electron chi connectivity index (χ3n) is 2.47. The minimum atomic E-state index is -3.16. The van der Waals surface area contributed by atoms with E-state index in [4.69, 9.17) is 4.74 Å². The largest absolute Gasteiger partial charge is 0.479 e. The molecule has 0 saturated heterocycles. The van der Waals surface area contributed by atoms with Gasteiger partial charge in [0.25, 0.3) is 0 Å². The van der Waals surface area contributed by atoms with Crippen molar-refractivity contribution in [2.75, 3.05) is 6.26 Å². The number of alkyl halides is 1. The van der Waals surface area contributed by atoms with E-state index in [1.807, 2.05) is 0 Å². The van der Waals surface area contributed by atoms with Gasteiger partial charge in [-0.25, -0.2) is 8.42 Å². The highest BCUT2D eigenvalue weighted by atomic mass is 79.9. The molecular formula is C11H13BrO3S. The van der Waals surface area contributed by atoms with Crippen molar-refractivity contribution in [1.82, 2.24) is 0 Å². The molecule has 0 N–H and O–H groups in total. The van der Waals surface area contributed by atoms with Crippen LogP contribution >= 0.6 is 15.9 Å². The zero-order valence-electron chi connectivity index (χ0n) is 8.89. The fourth-order valence-electron chi connectivity index (χ4n) is 1.36. The van der Waals surface area contributed by atoms with Gasteiger partial charge in [0.2, 0.25) is 0 Å². The van der Waals surface area contributed by atoms with Gasteiger partial charge in [0.15, 0.2) is 14.9 Å². The highest BCUT2D eigenvalue weighted by Gasteiger charge is 2.31. The Hall–Kier alpha value is -0.550. The molecule has 0 bridgehead atoms. The average Bonchev–Trinajstić information content (AvgIpc) is 2.99. The topological polar surface area (TPSA) is 43.4 Å². The molecule has 0 radical (unpaired) electrons. The second-order valence-corrected chi connectivity index (χ2v) is 6.97. The van der Waals surface area contributed by atoms with Crippen LogP contribution < -0.4 is 4.74 Å². The van der Waals surface area contributed by atoms with Crippen molar-refractivity contribution in [2.45, 2.75) is 22.8 Å². The van der Waals surface area contributed by atoms with Gasteiger partial charge in [0.1, 0.15) is 5.75 Å². The maximum absolute atomic E-state index is 11.3. The first-order valence-electron chi connectivity index (χ1n) is 5.07. The molecule has 88 valence electrons. The summed E-state index contributed by atoms with van der Waals surface area (Å²) in [6.45, 7) is 0. The third-order valence-corrected chi connectivity index (χ3v) is 4.52. The van der Waals surface area contributed by atoms with Gasteiger partial charge in [-0.05, 0) is 47.0 Å². The lowest BCUT2D eigenvalue weighted by Gasteiger charge is -2.12. The van der Waals surface area contributed by atoms with Crippen molar-refractivity contribution in [2.24, 2.45) is 5.92 Å². The highest BCUT2D eigenvalue weighted by molar-refractivity contribution is 9.09. The molecule has 0 spiro atoms. The molecule has 0 amide bonds. The number of benzene rings is 1. The minimum absolute atomic E-state index is 0.0117. The van der Waals surface area contributed by atoms with Crippen LogP contribution in [0.3, 0.4) is 0 Å². The smallest absolute Gasteiger partial charge is 0.175 e. The number of ether oxygens (including phenoxy) is 1. The van der Waals surface area contributed by atoms with Crippen LogP contribution in [0.15, 0.2) is 29.2 Å². The quantitative estimate of drug-likeness (QED) is 0.803. The van der Waals surface area contributed by atoms with E-state index < -0.39 is 9.84 Å². The van der Waals surface area contributed by atoms with Crippen LogP contribution in [0.5, 0.6) is 5.75 Å². The Kier molecular flexibility index (Phi) is 3.26. The van der Waals surface area contributed by atoms with Gasteiger partial charge in [-0.15, -0.1) is 0 Å². The Morgan fingerprint density at radius 1 is 1.44 bits per heavy atom. The van der Waals surface area contributed by atoms with E-state index in [0.717, 1.165) is 0 Å². The second-order valence-electron chi connectivity index (χ2n) is 4.05. The molecule has 1 aromatic rings. The molecule has 5 heteroatoms. The van der Waals surface area contributed by atoms with E-state index in [1.165, 1.54) is 19.1 Å². The summed E-state index contributed by atoms with van der Waals surface area (Å²) < 4.78 is 28.3. The van der Waals surface area contributed by atoms with E-state index >= 15 is 0 Å². The van der Waals surface area contributed by atoms with Crippen LogP contribution in [0, 0.1) is 5.92 Å². The summed E-state index contributed by atoms with van der Waals surface area (Å²) in [7, 11) is -3.16. The lowest BCUT2D eigenvalue weighted by molar-refractivity contribution is 0.271. The lowest BCUT2D eigenvalue weighted by Crippen LogP contribution is -2.10. The van der Waals surface area contributed by atoms with Crippen molar-refractivity contribution >= 4 is 25.8 Å². The van der Waals surface area contributed by atoms with E-state index in [2.05, 4.69) is 15.9 Å². The van der Waals surface area contributed by atoms with Crippen molar-refractivity contribution in [3.63, 3.8) is 0 Å². The van der Waals surface area contributed by atoms with Gasteiger partial charge in [-0.2, -0.15) is 0 Å². The fourth-order valence-corrected chi connectivity index (χ4v) is 2.76. The second kappa shape index (κ2) is 4.37. The zero-order valence-corrected chi connectivity index (χ0v) is 11.3. The molecule has 1 saturated carbocycles. The normalized spacial score (nSPS) is 18.1. The maximum Gasteiger partial charge on any atom is 0.175 e. The predicted octanol–water partition coefficient (Wildman–Crippen LogP) is 2.60. The summed E-state index contributed by atoms with van der Waals surface area (Å²) in [5.74, 6) is 1.15. The zero-order chi connectivity index (χ0) is 11.8. The molecule has 0 heterocycles. The average molecular weight is 305 g/mol. The van der Waals surface area contributed by atoms with Crippen LogP contribution in [0.2, 0.25) is 0 Å². The summed E-state index contributed by atoms with van der Waals surface area (Å²) in [5, 5.41) is -0.0117. The minimum Gasteiger partial charge on any atom is -0.479 e. The summed E-state index contributed by atoms with van der Waals surface area (Å²) in [5.41, 5.74) is 0. The Bertz CT molecular complexity index is 480. The Balaban J connectivity index is 2.15. The molecule has 0 aliphatic heterocycles. The SMILES string of the molecule is CS(=O)(=O)c1cccc(OC(Br)C2CC2)c1. The monoisotopic (exact) mass is 304 g/mol. The molecule has 16 heavy (non-hydrogen) atoms. The summed E-state index contributed by atoms with van der Waals surface area (Å²) >= 11 is 3.44. The predicted molar refractivity (Wildman–Crippen MR) is 65.6 cm³/mol. The van der Waals surface area contributed by atoms with E-state index in [-0.39, 0.29) is 5.01 Å². The standard InChI is InChI=1S/C11H13BrO3S/c1-16(13,14)10-4-2-3-9(7-10)15-11(12)8-5-6-8/h2-4,7-8,11H,5-6H2,1H3. The third kappa shape index (κ3) is 2.98. The van der Waals surface area contributed by atoms with Crippen molar-refractivity contribution in [3.05, 3.63) is 24.3 Å². The first kappa shape index (κ1) is 11.9. The Morgan fingerprint density at radius 2 is 2.12 bits per heavy atom. The molecule has 2 rings (SSSR count). The van der Waals surface area contributed by atoms with Gasteiger partial charge in [-0.3, -0.25) is 0 Å². The molecule has 1 aliphatic rings. The summed E-state index contributed by atoms with van der Waals surface area (Å²) in [4.78, 5) is 0.292. The molecule has 1 unspecified atom stereocenters. The molecular weight excluding hydrogens is 292 g/mol. The van der Waals surface area contributed by atoms with Gasteiger partial charge in [-0.1, -0.05) is 6.07 Å². The first-order chi connectivity index (χ1) is 7.47. The van der Waals surface area contributed by atoms with E-state index in [1.54, 1.807) is 24.3 Å². The van der Waals surface area contributed by atoms with Gasteiger partial charge in [0.05, 0.1) is 4.90 Å². The first-order valence-corrected chi connectivity index (χ1v) is 7.88.